The molecule has 1 aromatic rings. The number of hydrogen-bond acceptors (Lipinski definition) is 19. The van der Waals surface area contributed by atoms with Gasteiger partial charge in [0.2, 0.25) is 5.91 Å². The monoisotopic (exact) mass is 787 g/mol. The highest BCUT2D eigenvalue weighted by Gasteiger charge is 2.70. The zero-order valence-electron chi connectivity index (χ0n) is 29.9. The molecule has 11 N–H and O–H groups in total. The van der Waals surface area contributed by atoms with Gasteiger partial charge in [-0.1, -0.05) is 6.92 Å². The predicted octanol–water partition coefficient (Wildman–Crippen LogP) is -4.34. The molecule has 1 aromatic carbocycles. The van der Waals surface area contributed by atoms with Gasteiger partial charge in [0.1, 0.15) is 72.0 Å². The first-order valence-electron chi connectivity index (χ1n) is 18.1. The number of phenolic OH excluding ortho intramolecular Hbond substituents is 1. The minimum Gasteiger partial charge on any atom is -0.508 e. The van der Waals surface area contributed by atoms with E-state index in [-0.39, 0.29) is 30.9 Å². The Bertz CT molecular complexity index is 1550. The van der Waals surface area contributed by atoms with E-state index in [1.165, 1.54) is 24.3 Å². The van der Waals surface area contributed by atoms with Crippen molar-refractivity contribution >= 4 is 17.8 Å². The standard InChI is InChI=1S/C35H49NO19/c1-13-12-50-34(10-18(13)31(47)51-17-5-3-16(39)4-6-17)33(48)35(49)22(41)7-15(8-23(35)55-34)30(46)52-20-9-19(40)25(42)28(45)29(20)54-32-24(36-14(2)38)27(44)26(43)21(11-37)53-32/h3-6,13,15,18-29,32-33,37,39-45,48-49H,7-12H2,1-2H3,(H,36,38)/t13-,15-,18+,19-,20+,21+,22-,23+,24-,25+,26+,27+,28-,29-,32-,33-,34-,35+/m0/s1. The second-order valence-corrected chi connectivity index (χ2v) is 15.2. The Hall–Kier alpha value is -3.09. The predicted molar refractivity (Wildman–Crippen MR) is 177 cm³/mol. The number of benzene rings is 1. The quantitative estimate of drug-likeness (QED) is 0.0876. The minimum atomic E-state index is -2.36. The fourth-order valence-electron chi connectivity index (χ4n) is 8.24. The molecular formula is C35H49NO19. The second-order valence-electron chi connectivity index (χ2n) is 15.2. The Morgan fingerprint density at radius 2 is 1.62 bits per heavy atom. The molecule has 20 heteroatoms. The Labute approximate surface area is 314 Å². The molecule has 3 heterocycles. The molecule has 1 spiro atoms. The van der Waals surface area contributed by atoms with Crippen molar-refractivity contribution in [3.8, 4) is 11.5 Å². The van der Waals surface area contributed by atoms with E-state index in [4.69, 9.17) is 28.4 Å². The summed E-state index contributed by atoms with van der Waals surface area (Å²) in [5.41, 5.74) is -2.36. The van der Waals surface area contributed by atoms with Crippen molar-refractivity contribution in [2.45, 2.75) is 130 Å². The lowest BCUT2D eigenvalue weighted by Crippen LogP contribution is -2.67. The van der Waals surface area contributed by atoms with Gasteiger partial charge < -0.3 is 84.8 Å². The number of phenols is 1. The third-order valence-electron chi connectivity index (χ3n) is 11.5. The average molecular weight is 788 g/mol. The Kier molecular flexibility index (Phi) is 12.1. The normalized spacial score (nSPS) is 45.7. The maximum Gasteiger partial charge on any atom is 0.314 e. The summed E-state index contributed by atoms with van der Waals surface area (Å²) in [5, 5.41) is 109. The summed E-state index contributed by atoms with van der Waals surface area (Å²) in [5.74, 6) is -6.84. The molecule has 5 aliphatic rings. The van der Waals surface area contributed by atoms with Crippen LogP contribution in [-0.4, -0.2) is 173 Å². The van der Waals surface area contributed by atoms with E-state index < -0.39 is 146 Å². The molecule has 3 saturated heterocycles. The topological polar surface area (TPSA) is 321 Å². The molecule has 20 nitrogen and oxygen atoms in total. The van der Waals surface area contributed by atoms with Crippen LogP contribution in [-0.2, 0) is 38.1 Å². The van der Waals surface area contributed by atoms with Crippen LogP contribution in [0.5, 0.6) is 11.5 Å². The first-order chi connectivity index (χ1) is 25.9. The van der Waals surface area contributed by atoms with Crippen molar-refractivity contribution in [2.75, 3.05) is 13.2 Å². The fraction of sp³-hybridized carbons (Fsp3) is 0.743. The highest BCUT2D eigenvalue weighted by molar-refractivity contribution is 5.76. The maximum absolute atomic E-state index is 13.8. The largest absolute Gasteiger partial charge is 0.508 e. The molecule has 5 fully saturated rings. The number of ether oxygens (including phenoxy) is 6. The summed E-state index contributed by atoms with van der Waals surface area (Å²) in [7, 11) is 0. The Morgan fingerprint density at radius 3 is 2.27 bits per heavy atom. The molecule has 1 amide bonds. The molecule has 308 valence electrons. The first-order valence-corrected chi connectivity index (χ1v) is 18.1. The van der Waals surface area contributed by atoms with Crippen molar-refractivity contribution in [3.05, 3.63) is 24.3 Å². The van der Waals surface area contributed by atoms with Gasteiger partial charge in [-0.25, -0.2) is 0 Å². The SMILES string of the molecule is CC(=O)N[C@@H]1[C@H](O[C@@H]2[C@@H](O)[C@H](O)[C@@H](O)C[C@H]2OC(=O)[C@H]2C[C@H](O)[C@@]3(O)[C@@H](C2)O[C@@]2(C[C@@H](C(=O)Oc4ccc(O)cc4)[C@@H](C)CO2)[C@@H]3O)O[C@H](CO)[C@@H](O)[C@@H]1O. The van der Waals surface area contributed by atoms with Gasteiger partial charge in [0.15, 0.2) is 12.1 Å². The van der Waals surface area contributed by atoms with E-state index in [0.717, 1.165) is 6.92 Å². The summed E-state index contributed by atoms with van der Waals surface area (Å²) in [6, 6.07) is 3.98. The third-order valence-corrected chi connectivity index (χ3v) is 11.5. The number of aliphatic hydroxyl groups is 9. The van der Waals surface area contributed by atoms with Crippen molar-refractivity contribution in [3.63, 3.8) is 0 Å². The average Bonchev–Trinajstić information content (AvgIpc) is 3.35. The van der Waals surface area contributed by atoms with Gasteiger partial charge in [0, 0.05) is 19.8 Å². The van der Waals surface area contributed by atoms with Crippen molar-refractivity contribution in [2.24, 2.45) is 17.8 Å². The van der Waals surface area contributed by atoms with Crippen LogP contribution in [0.2, 0.25) is 0 Å². The first kappa shape index (κ1) is 41.5. The molecule has 6 rings (SSSR count). The fourth-order valence-corrected chi connectivity index (χ4v) is 8.24. The Balaban J connectivity index is 1.17. The number of hydrogen-bond donors (Lipinski definition) is 11. The zero-order valence-corrected chi connectivity index (χ0v) is 29.9. The number of aromatic hydroxyl groups is 1. The molecule has 0 radical (unpaired) electrons. The maximum atomic E-state index is 13.8. The number of aliphatic hydroxyl groups excluding tert-OH is 8. The van der Waals surface area contributed by atoms with Gasteiger partial charge in [-0.05, 0) is 43.0 Å². The van der Waals surface area contributed by atoms with Gasteiger partial charge in [0.05, 0.1) is 43.4 Å². The van der Waals surface area contributed by atoms with Crippen molar-refractivity contribution in [1.82, 2.24) is 5.32 Å². The van der Waals surface area contributed by atoms with Crippen molar-refractivity contribution < 1.29 is 93.9 Å². The molecule has 3 aliphatic heterocycles. The van der Waals surface area contributed by atoms with Crippen LogP contribution in [0, 0.1) is 17.8 Å². The van der Waals surface area contributed by atoms with Gasteiger partial charge in [-0.3, -0.25) is 14.4 Å². The summed E-state index contributed by atoms with van der Waals surface area (Å²) in [6.07, 6.45) is -21.8. The summed E-state index contributed by atoms with van der Waals surface area (Å²) >= 11 is 0. The molecule has 2 aliphatic carbocycles. The van der Waals surface area contributed by atoms with Gasteiger partial charge >= 0.3 is 11.9 Å². The van der Waals surface area contributed by atoms with Gasteiger partial charge in [0.25, 0.3) is 0 Å². The zero-order chi connectivity index (χ0) is 40.1. The van der Waals surface area contributed by atoms with Crippen LogP contribution in [0.15, 0.2) is 24.3 Å². The molecule has 55 heavy (non-hydrogen) atoms. The lowest BCUT2D eigenvalue weighted by molar-refractivity contribution is -0.311. The highest BCUT2D eigenvalue weighted by atomic mass is 16.7. The third kappa shape index (κ3) is 7.81. The van der Waals surface area contributed by atoms with Gasteiger partial charge in [-0.2, -0.15) is 0 Å². The number of carbonyl (C=O) groups is 3. The lowest BCUT2D eigenvalue weighted by atomic mass is 9.70. The van der Waals surface area contributed by atoms with E-state index in [9.17, 15) is 65.4 Å². The van der Waals surface area contributed by atoms with Crippen molar-refractivity contribution in [1.29, 1.82) is 0 Å². The van der Waals surface area contributed by atoms with Crippen LogP contribution in [0.4, 0.5) is 0 Å². The summed E-state index contributed by atoms with van der Waals surface area (Å²) < 4.78 is 34.7. The smallest absolute Gasteiger partial charge is 0.314 e. The van der Waals surface area contributed by atoms with E-state index in [1.54, 1.807) is 6.92 Å². The molecular weight excluding hydrogens is 738 g/mol. The van der Waals surface area contributed by atoms with Gasteiger partial charge in [-0.15, -0.1) is 0 Å². The molecule has 2 saturated carbocycles. The lowest BCUT2D eigenvalue weighted by Gasteiger charge is -2.47. The van der Waals surface area contributed by atoms with Crippen LogP contribution in [0.3, 0.4) is 0 Å². The number of amides is 1. The number of nitrogens with one attached hydrogen (secondary N) is 1. The Morgan fingerprint density at radius 1 is 0.927 bits per heavy atom. The van der Waals surface area contributed by atoms with Crippen LogP contribution in [0.1, 0.15) is 39.5 Å². The number of carbonyl (C=O) groups excluding carboxylic acids is 3. The van der Waals surface area contributed by atoms with E-state index in [0.29, 0.717) is 0 Å². The summed E-state index contributed by atoms with van der Waals surface area (Å²) in [4.78, 5) is 38.9. The summed E-state index contributed by atoms with van der Waals surface area (Å²) in [6.45, 7) is 1.92. The van der Waals surface area contributed by atoms with E-state index >= 15 is 0 Å². The minimum absolute atomic E-state index is 0.0387. The number of esters is 2. The molecule has 18 atom stereocenters. The van der Waals surface area contributed by atoms with Crippen LogP contribution < -0.4 is 10.1 Å². The second kappa shape index (κ2) is 16.0. The number of rotatable bonds is 8. The molecule has 0 unspecified atom stereocenters. The van der Waals surface area contributed by atoms with E-state index in [2.05, 4.69) is 5.32 Å². The van der Waals surface area contributed by atoms with E-state index in [1.807, 2.05) is 0 Å². The number of fused-ring (bicyclic) bond motifs is 1. The molecule has 0 aromatic heterocycles. The highest BCUT2D eigenvalue weighted by Crippen LogP contribution is 2.53. The van der Waals surface area contributed by atoms with Crippen LogP contribution in [0.25, 0.3) is 0 Å². The van der Waals surface area contributed by atoms with Crippen LogP contribution >= 0.6 is 0 Å². The molecule has 0 bridgehead atoms.